The molecule has 2 N–H and O–H groups in total. The molecular formula is C8H10N2O3. The summed E-state index contributed by atoms with van der Waals surface area (Å²) in [5, 5.41) is 8.69. The second-order valence-electron chi connectivity index (χ2n) is 2.65. The number of H-pyrrole nitrogens is 1. The fourth-order valence-electron chi connectivity index (χ4n) is 1.14. The maximum atomic E-state index is 10.9. The van der Waals surface area contributed by atoms with Gasteiger partial charge in [-0.05, 0) is 13.3 Å². The fraction of sp³-hybridized carbons (Fsp3) is 0.375. The first-order valence-corrected chi connectivity index (χ1v) is 3.89. The number of aryl methyl sites for hydroxylation is 1. The largest absolute Gasteiger partial charge is 0.476 e. The van der Waals surface area contributed by atoms with Gasteiger partial charge >= 0.3 is 11.7 Å². The van der Waals surface area contributed by atoms with Crippen LogP contribution in [0.2, 0.25) is 0 Å². The summed E-state index contributed by atoms with van der Waals surface area (Å²) < 4.78 is 0. The molecular weight excluding hydrogens is 172 g/mol. The second kappa shape index (κ2) is 3.38. The Morgan fingerprint density at radius 3 is 2.69 bits per heavy atom. The summed E-state index contributed by atoms with van der Waals surface area (Å²) in [5.41, 5.74) is 0.368. The Kier molecular flexibility index (Phi) is 2.46. The minimum absolute atomic E-state index is 0.166. The molecule has 0 spiro atoms. The maximum absolute atomic E-state index is 10.9. The number of aromatic amines is 1. The topological polar surface area (TPSA) is 83.0 Å². The molecule has 0 atom stereocenters. The number of nitrogens with zero attached hydrogens (tertiary/aromatic N) is 1. The van der Waals surface area contributed by atoms with Crippen LogP contribution in [0.3, 0.4) is 0 Å². The quantitative estimate of drug-likeness (QED) is 0.690. The van der Waals surface area contributed by atoms with Crippen molar-refractivity contribution in [2.24, 2.45) is 0 Å². The van der Waals surface area contributed by atoms with E-state index < -0.39 is 11.7 Å². The van der Waals surface area contributed by atoms with Crippen LogP contribution in [0.15, 0.2) is 4.79 Å². The van der Waals surface area contributed by atoms with Crippen LogP contribution in [0.1, 0.15) is 28.7 Å². The number of rotatable bonds is 2. The molecule has 0 fully saturated rings. The minimum atomic E-state index is -1.17. The number of hydrogen-bond acceptors (Lipinski definition) is 3. The molecule has 0 saturated carbocycles. The van der Waals surface area contributed by atoms with Crippen LogP contribution in [0.25, 0.3) is 0 Å². The fourth-order valence-corrected chi connectivity index (χ4v) is 1.14. The molecule has 0 aliphatic carbocycles. The SMILES string of the molecule is CCc1[nH]c(=O)nc(C(=O)O)c1C. The molecule has 1 aromatic rings. The molecule has 0 unspecified atom stereocenters. The van der Waals surface area contributed by atoms with E-state index in [1.165, 1.54) is 0 Å². The van der Waals surface area contributed by atoms with Crippen LogP contribution in [-0.2, 0) is 6.42 Å². The summed E-state index contributed by atoms with van der Waals surface area (Å²) >= 11 is 0. The predicted octanol–water partition coefficient (Wildman–Crippen LogP) is 0.339. The van der Waals surface area contributed by atoms with Gasteiger partial charge in [-0.1, -0.05) is 6.92 Å². The Morgan fingerprint density at radius 2 is 2.23 bits per heavy atom. The highest BCUT2D eigenvalue weighted by atomic mass is 16.4. The van der Waals surface area contributed by atoms with Gasteiger partial charge in [-0.25, -0.2) is 9.59 Å². The average Bonchev–Trinajstić information content (AvgIpc) is 2.08. The predicted molar refractivity (Wildman–Crippen MR) is 45.9 cm³/mol. The summed E-state index contributed by atoms with van der Waals surface area (Å²) in [6.45, 7) is 3.47. The van der Waals surface area contributed by atoms with E-state index in [2.05, 4.69) is 9.97 Å². The zero-order chi connectivity index (χ0) is 10.0. The van der Waals surface area contributed by atoms with Crippen molar-refractivity contribution in [2.75, 3.05) is 0 Å². The molecule has 1 heterocycles. The van der Waals surface area contributed by atoms with Crippen LogP contribution in [0.4, 0.5) is 0 Å². The average molecular weight is 182 g/mol. The van der Waals surface area contributed by atoms with E-state index in [1.807, 2.05) is 6.92 Å². The standard InChI is InChI=1S/C8H10N2O3/c1-3-5-4(2)6(7(11)12)10-8(13)9-5/h3H2,1-2H3,(H,11,12)(H,9,10,13). The van der Waals surface area contributed by atoms with Gasteiger partial charge in [0.2, 0.25) is 0 Å². The van der Waals surface area contributed by atoms with E-state index in [-0.39, 0.29) is 5.69 Å². The molecule has 0 radical (unpaired) electrons. The minimum Gasteiger partial charge on any atom is -0.476 e. The van der Waals surface area contributed by atoms with Crippen molar-refractivity contribution in [1.29, 1.82) is 0 Å². The molecule has 0 saturated heterocycles. The molecule has 1 aromatic heterocycles. The highest BCUT2D eigenvalue weighted by molar-refractivity contribution is 5.87. The summed E-state index contributed by atoms with van der Waals surface area (Å²) in [6, 6.07) is 0. The molecule has 5 nitrogen and oxygen atoms in total. The third-order valence-corrected chi connectivity index (χ3v) is 1.84. The number of carboxylic acid groups (broad SMARTS) is 1. The van der Waals surface area contributed by atoms with Gasteiger partial charge in [0, 0.05) is 11.3 Å². The van der Waals surface area contributed by atoms with Gasteiger partial charge in [-0.3, -0.25) is 0 Å². The number of nitrogens with one attached hydrogen (secondary N) is 1. The summed E-state index contributed by atoms with van der Waals surface area (Å²) in [4.78, 5) is 27.4. The van der Waals surface area contributed by atoms with E-state index in [0.717, 1.165) is 0 Å². The normalized spacial score (nSPS) is 10.0. The molecule has 0 aliphatic rings. The first-order chi connectivity index (χ1) is 6.06. The van der Waals surface area contributed by atoms with Crippen molar-refractivity contribution in [3.05, 3.63) is 27.4 Å². The molecule has 0 aromatic carbocycles. The number of aromatic carboxylic acids is 1. The number of hydrogen-bond donors (Lipinski definition) is 2. The molecule has 13 heavy (non-hydrogen) atoms. The van der Waals surface area contributed by atoms with E-state index in [4.69, 9.17) is 5.11 Å². The van der Waals surface area contributed by atoms with Crippen molar-refractivity contribution in [1.82, 2.24) is 9.97 Å². The van der Waals surface area contributed by atoms with Gasteiger partial charge in [-0.15, -0.1) is 0 Å². The maximum Gasteiger partial charge on any atom is 0.355 e. The lowest BCUT2D eigenvalue weighted by Crippen LogP contribution is -2.20. The monoisotopic (exact) mass is 182 g/mol. The van der Waals surface area contributed by atoms with Gasteiger partial charge in [0.25, 0.3) is 0 Å². The first-order valence-electron chi connectivity index (χ1n) is 3.89. The van der Waals surface area contributed by atoms with Gasteiger partial charge in [0.15, 0.2) is 5.69 Å². The lowest BCUT2D eigenvalue weighted by atomic mass is 10.1. The van der Waals surface area contributed by atoms with E-state index in [1.54, 1.807) is 6.92 Å². The van der Waals surface area contributed by atoms with Crippen LogP contribution < -0.4 is 5.69 Å². The first kappa shape index (κ1) is 9.44. The van der Waals surface area contributed by atoms with Crippen molar-refractivity contribution in [3.63, 3.8) is 0 Å². The summed E-state index contributed by atoms with van der Waals surface area (Å²) in [5.74, 6) is -1.17. The van der Waals surface area contributed by atoms with E-state index in [9.17, 15) is 9.59 Å². The van der Waals surface area contributed by atoms with Crippen molar-refractivity contribution >= 4 is 5.97 Å². The second-order valence-corrected chi connectivity index (χ2v) is 2.65. The highest BCUT2D eigenvalue weighted by Crippen LogP contribution is 2.06. The summed E-state index contributed by atoms with van der Waals surface area (Å²) in [6.07, 6.45) is 0.587. The Labute approximate surface area is 74.4 Å². The van der Waals surface area contributed by atoms with Crippen LogP contribution in [0.5, 0.6) is 0 Å². The Morgan fingerprint density at radius 1 is 1.62 bits per heavy atom. The van der Waals surface area contributed by atoms with Crippen LogP contribution in [0, 0.1) is 6.92 Å². The molecule has 1 rings (SSSR count). The van der Waals surface area contributed by atoms with Crippen LogP contribution in [-0.4, -0.2) is 21.0 Å². The zero-order valence-corrected chi connectivity index (χ0v) is 7.42. The van der Waals surface area contributed by atoms with E-state index in [0.29, 0.717) is 17.7 Å². The molecule has 0 aliphatic heterocycles. The smallest absolute Gasteiger partial charge is 0.355 e. The molecule has 0 bridgehead atoms. The van der Waals surface area contributed by atoms with Gasteiger partial charge in [0.05, 0.1) is 0 Å². The molecule has 70 valence electrons. The highest BCUT2D eigenvalue weighted by Gasteiger charge is 2.12. The molecule has 5 heteroatoms. The number of aromatic nitrogens is 2. The third kappa shape index (κ3) is 1.74. The lowest BCUT2D eigenvalue weighted by Gasteiger charge is -2.03. The summed E-state index contributed by atoms with van der Waals surface area (Å²) in [7, 11) is 0. The van der Waals surface area contributed by atoms with Crippen molar-refractivity contribution in [3.8, 4) is 0 Å². The van der Waals surface area contributed by atoms with Gasteiger partial charge < -0.3 is 10.1 Å². The Balaban J connectivity index is 3.44. The third-order valence-electron chi connectivity index (χ3n) is 1.84. The molecule has 0 amide bonds. The van der Waals surface area contributed by atoms with Crippen molar-refractivity contribution < 1.29 is 9.90 Å². The lowest BCUT2D eigenvalue weighted by molar-refractivity contribution is 0.0688. The Bertz CT molecular complexity index is 395. The van der Waals surface area contributed by atoms with Gasteiger partial charge in [0.1, 0.15) is 0 Å². The van der Waals surface area contributed by atoms with E-state index >= 15 is 0 Å². The zero-order valence-electron chi connectivity index (χ0n) is 7.42. The van der Waals surface area contributed by atoms with Crippen LogP contribution >= 0.6 is 0 Å². The Hall–Kier alpha value is -1.65. The number of carbonyl (C=O) groups is 1. The number of carboxylic acids is 1. The van der Waals surface area contributed by atoms with Gasteiger partial charge in [-0.2, -0.15) is 4.98 Å². The van der Waals surface area contributed by atoms with Crippen molar-refractivity contribution in [2.45, 2.75) is 20.3 Å².